The molecule has 1 aromatic carbocycles. The SMILES string of the molecule is O=C(O[C@H]1c2c(C(F)(F)F)nn(-c3ccc(C(F)(F)F)nc3)c2CC1(F)F)c1ccccc1. The van der Waals surface area contributed by atoms with Crippen LogP contribution in [0.5, 0.6) is 0 Å². The van der Waals surface area contributed by atoms with Crippen LogP contribution in [0.3, 0.4) is 0 Å². The number of pyridine rings is 1. The van der Waals surface area contributed by atoms with Crippen molar-refractivity contribution in [1.29, 1.82) is 0 Å². The van der Waals surface area contributed by atoms with Gasteiger partial charge in [0.25, 0.3) is 5.92 Å². The molecule has 13 heteroatoms. The van der Waals surface area contributed by atoms with Crippen molar-refractivity contribution in [3.63, 3.8) is 0 Å². The Kier molecular flexibility index (Phi) is 5.17. The molecule has 0 saturated heterocycles. The fourth-order valence-electron chi connectivity index (χ4n) is 3.43. The molecule has 5 nitrogen and oxygen atoms in total. The number of hydrogen-bond acceptors (Lipinski definition) is 4. The molecule has 3 aromatic rings. The average molecular weight is 477 g/mol. The molecule has 1 aliphatic carbocycles. The van der Waals surface area contributed by atoms with Crippen LogP contribution in [-0.2, 0) is 23.5 Å². The summed E-state index contributed by atoms with van der Waals surface area (Å²) in [6, 6.07) is 8.05. The number of ether oxygens (including phenoxy) is 1. The minimum absolute atomic E-state index is 0.158. The van der Waals surface area contributed by atoms with Crippen LogP contribution in [-0.4, -0.2) is 26.7 Å². The molecule has 1 aliphatic rings. The van der Waals surface area contributed by atoms with Gasteiger partial charge in [-0.25, -0.2) is 23.2 Å². The molecule has 4 rings (SSSR count). The molecule has 0 bridgehead atoms. The summed E-state index contributed by atoms with van der Waals surface area (Å²) < 4.78 is 114. The van der Waals surface area contributed by atoms with Crippen LogP contribution in [0.2, 0.25) is 0 Å². The van der Waals surface area contributed by atoms with Gasteiger partial charge >= 0.3 is 18.3 Å². The number of hydrogen-bond donors (Lipinski definition) is 0. The number of carbonyl (C=O) groups excluding carboxylic acids is 1. The maximum Gasteiger partial charge on any atom is 0.435 e. The van der Waals surface area contributed by atoms with Gasteiger partial charge in [0.15, 0.2) is 11.8 Å². The van der Waals surface area contributed by atoms with Crippen molar-refractivity contribution in [2.45, 2.75) is 30.8 Å². The van der Waals surface area contributed by atoms with Crippen molar-refractivity contribution in [3.8, 4) is 5.69 Å². The zero-order chi connectivity index (χ0) is 24.2. The predicted octanol–water partition coefficient (Wildman–Crippen LogP) is 5.39. The fourth-order valence-corrected chi connectivity index (χ4v) is 3.43. The highest BCUT2D eigenvalue weighted by atomic mass is 19.4. The Morgan fingerprint density at radius 3 is 2.21 bits per heavy atom. The number of nitrogens with zero attached hydrogens (tertiary/aromatic N) is 3. The van der Waals surface area contributed by atoms with Crippen LogP contribution < -0.4 is 0 Å². The minimum atomic E-state index is -5.22. The van der Waals surface area contributed by atoms with Gasteiger partial charge in [-0.15, -0.1) is 0 Å². The summed E-state index contributed by atoms with van der Waals surface area (Å²) in [5, 5.41) is 3.31. The van der Waals surface area contributed by atoms with Gasteiger partial charge < -0.3 is 4.74 Å². The molecular formula is C20H11F8N3O2. The van der Waals surface area contributed by atoms with Crippen LogP contribution in [0, 0.1) is 0 Å². The molecule has 33 heavy (non-hydrogen) atoms. The van der Waals surface area contributed by atoms with Crippen LogP contribution in [0.4, 0.5) is 35.1 Å². The smallest absolute Gasteiger partial charge is 0.435 e. The van der Waals surface area contributed by atoms with E-state index in [9.17, 15) is 39.9 Å². The summed E-state index contributed by atoms with van der Waals surface area (Å²) >= 11 is 0. The highest BCUT2D eigenvalue weighted by molar-refractivity contribution is 5.89. The van der Waals surface area contributed by atoms with E-state index in [1.807, 2.05) is 0 Å². The lowest BCUT2D eigenvalue weighted by Crippen LogP contribution is -2.29. The van der Waals surface area contributed by atoms with E-state index < -0.39 is 65.1 Å². The molecule has 2 aromatic heterocycles. The van der Waals surface area contributed by atoms with Gasteiger partial charge in [-0.1, -0.05) is 18.2 Å². The molecule has 174 valence electrons. The first-order chi connectivity index (χ1) is 15.3. The maximum atomic E-state index is 14.7. The van der Waals surface area contributed by atoms with Crippen LogP contribution in [0.25, 0.3) is 5.69 Å². The summed E-state index contributed by atoms with van der Waals surface area (Å²) in [6.07, 6.45) is -13.4. The number of alkyl halides is 8. The third kappa shape index (κ3) is 4.14. The molecule has 0 amide bonds. The molecule has 0 saturated carbocycles. The van der Waals surface area contributed by atoms with Crippen molar-refractivity contribution >= 4 is 5.97 Å². The Morgan fingerprint density at radius 2 is 1.67 bits per heavy atom. The second-order valence-corrected chi connectivity index (χ2v) is 7.11. The van der Waals surface area contributed by atoms with Crippen molar-refractivity contribution in [2.75, 3.05) is 0 Å². The van der Waals surface area contributed by atoms with E-state index in [1.54, 1.807) is 0 Å². The van der Waals surface area contributed by atoms with Gasteiger partial charge in [-0.2, -0.15) is 31.4 Å². The van der Waals surface area contributed by atoms with Gasteiger partial charge in [0.2, 0.25) is 0 Å². The number of fused-ring (bicyclic) bond motifs is 1. The standard InChI is InChI=1S/C20H11F8N3O2/c21-18(22)8-12-14(16(18)33-17(32)10-4-2-1-3-5-10)15(20(26,27)28)30-31(12)11-6-7-13(29-9-11)19(23,24)25/h1-7,9,16H,8H2/t16-/m0/s1. The fraction of sp³-hybridized carbons (Fsp3) is 0.250. The van der Waals surface area contributed by atoms with Gasteiger partial charge in [0.1, 0.15) is 5.69 Å². The highest BCUT2D eigenvalue weighted by Crippen LogP contribution is 2.50. The van der Waals surface area contributed by atoms with Gasteiger partial charge in [-0.05, 0) is 24.3 Å². The number of halogens is 8. The maximum absolute atomic E-state index is 14.7. The molecule has 0 spiro atoms. The zero-order valence-electron chi connectivity index (χ0n) is 16.1. The zero-order valence-corrected chi connectivity index (χ0v) is 16.1. The van der Waals surface area contributed by atoms with Crippen LogP contribution in [0.1, 0.15) is 39.1 Å². The Bertz CT molecular complexity index is 1190. The Morgan fingerprint density at radius 1 is 1.00 bits per heavy atom. The Balaban J connectivity index is 1.80. The molecule has 0 radical (unpaired) electrons. The van der Waals surface area contributed by atoms with Crippen LogP contribution in [0.15, 0.2) is 48.7 Å². The van der Waals surface area contributed by atoms with E-state index in [2.05, 4.69) is 10.1 Å². The van der Waals surface area contributed by atoms with Gasteiger partial charge in [-0.3, -0.25) is 0 Å². The van der Waals surface area contributed by atoms with Crippen molar-refractivity contribution in [2.24, 2.45) is 0 Å². The molecule has 1 atom stereocenters. The van der Waals surface area contributed by atoms with E-state index in [1.165, 1.54) is 30.3 Å². The van der Waals surface area contributed by atoms with Crippen LogP contribution >= 0.6 is 0 Å². The number of carbonyl (C=O) groups is 1. The monoisotopic (exact) mass is 477 g/mol. The average Bonchev–Trinajstić information content (AvgIpc) is 3.21. The van der Waals surface area contributed by atoms with E-state index in [-0.39, 0.29) is 5.56 Å². The summed E-state index contributed by atoms with van der Waals surface area (Å²) in [5.74, 6) is -5.20. The first-order valence-corrected chi connectivity index (χ1v) is 9.15. The van der Waals surface area contributed by atoms with E-state index in [0.717, 1.165) is 6.07 Å². The van der Waals surface area contributed by atoms with Gasteiger partial charge in [0, 0.05) is 0 Å². The molecule has 0 unspecified atom stereocenters. The highest BCUT2D eigenvalue weighted by Gasteiger charge is 2.57. The summed E-state index contributed by atoms with van der Waals surface area (Å²) in [6.45, 7) is 0. The van der Waals surface area contributed by atoms with Gasteiger partial charge in [0.05, 0.1) is 35.1 Å². The molecule has 0 aliphatic heterocycles. The normalized spacial score (nSPS) is 17.6. The Labute approximate surface area is 179 Å². The first-order valence-electron chi connectivity index (χ1n) is 9.15. The lowest BCUT2D eigenvalue weighted by Gasteiger charge is -2.21. The van der Waals surface area contributed by atoms with E-state index in [4.69, 9.17) is 4.74 Å². The molecule has 0 N–H and O–H groups in total. The number of benzene rings is 1. The first kappa shape index (κ1) is 22.7. The number of rotatable bonds is 3. The van der Waals surface area contributed by atoms with Crippen molar-refractivity contribution < 1.29 is 44.7 Å². The van der Waals surface area contributed by atoms with Crippen molar-refractivity contribution in [3.05, 3.63) is 76.9 Å². The summed E-state index contributed by atoms with van der Waals surface area (Å²) in [4.78, 5) is 15.4. The van der Waals surface area contributed by atoms with Crippen molar-refractivity contribution in [1.82, 2.24) is 14.8 Å². The predicted molar refractivity (Wildman–Crippen MR) is 94.6 cm³/mol. The van der Waals surface area contributed by atoms with E-state index >= 15 is 0 Å². The minimum Gasteiger partial charge on any atom is -0.447 e. The third-order valence-corrected chi connectivity index (χ3v) is 4.86. The summed E-state index contributed by atoms with van der Waals surface area (Å²) in [5.41, 5.74) is -5.34. The number of esters is 1. The topological polar surface area (TPSA) is 57.0 Å². The Hall–Kier alpha value is -3.51. The molecular weight excluding hydrogens is 466 g/mol. The molecule has 0 fully saturated rings. The second-order valence-electron chi connectivity index (χ2n) is 7.11. The second kappa shape index (κ2) is 7.52. The third-order valence-electron chi connectivity index (χ3n) is 4.86. The lowest BCUT2D eigenvalue weighted by atomic mass is 10.1. The number of aromatic nitrogens is 3. The van der Waals surface area contributed by atoms with E-state index in [0.29, 0.717) is 16.9 Å². The summed E-state index contributed by atoms with van der Waals surface area (Å²) in [7, 11) is 0. The lowest BCUT2D eigenvalue weighted by molar-refractivity contribution is -0.147. The molecule has 2 heterocycles. The quantitative estimate of drug-likeness (QED) is 0.375. The largest absolute Gasteiger partial charge is 0.447 e.